The summed E-state index contributed by atoms with van der Waals surface area (Å²) >= 11 is 6.02. The molecule has 25 heavy (non-hydrogen) atoms. The predicted molar refractivity (Wildman–Crippen MR) is 97.6 cm³/mol. The summed E-state index contributed by atoms with van der Waals surface area (Å²) in [6.07, 6.45) is 0. The lowest BCUT2D eigenvalue weighted by Crippen LogP contribution is -2.22. The highest BCUT2D eigenvalue weighted by atomic mass is 35.5. The monoisotopic (exact) mass is 357 g/mol. The fourth-order valence-corrected chi connectivity index (χ4v) is 2.76. The van der Waals surface area contributed by atoms with Gasteiger partial charge in [-0.1, -0.05) is 41.0 Å². The summed E-state index contributed by atoms with van der Waals surface area (Å²) in [6, 6.07) is 15.6. The van der Waals surface area contributed by atoms with Crippen molar-refractivity contribution in [2.75, 3.05) is 14.2 Å². The lowest BCUT2D eigenvalue weighted by molar-refractivity contribution is 0.216. The molecule has 0 amide bonds. The molecular weight excluding hydrogens is 338 g/mol. The first kappa shape index (κ1) is 17.5. The number of benzene rings is 2. The largest absolute Gasteiger partial charge is 0.497 e. The van der Waals surface area contributed by atoms with E-state index in [0.717, 1.165) is 16.9 Å². The number of ether oxygens (including phenoxy) is 1. The zero-order chi connectivity index (χ0) is 17.8. The third-order valence-corrected chi connectivity index (χ3v) is 4.41. The summed E-state index contributed by atoms with van der Waals surface area (Å²) < 4.78 is 10.7. The fraction of sp³-hybridized carbons (Fsp3) is 0.263. The SMILES string of the molecule is COc1cccc([C@@H](C)N(C)Cc2nc(-c3cccc(Cl)c3)no2)c1. The Balaban J connectivity index is 1.71. The highest BCUT2D eigenvalue weighted by Crippen LogP contribution is 2.25. The molecule has 0 aliphatic heterocycles. The molecule has 0 aliphatic rings. The number of hydrogen-bond donors (Lipinski definition) is 0. The molecule has 1 heterocycles. The van der Waals surface area contributed by atoms with Crippen LogP contribution in [-0.2, 0) is 6.54 Å². The summed E-state index contributed by atoms with van der Waals surface area (Å²) in [5.41, 5.74) is 2.00. The maximum atomic E-state index is 6.02. The molecule has 0 aliphatic carbocycles. The number of halogens is 1. The van der Waals surface area contributed by atoms with Gasteiger partial charge < -0.3 is 9.26 Å². The molecule has 0 saturated heterocycles. The second kappa shape index (κ2) is 7.68. The van der Waals surface area contributed by atoms with Gasteiger partial charge in [0.1, 0.15) is 5.75 Å². The van der Waals surface area contributed by atoms with Gasteiger partial charge in [0.25, 0.3) is 0 Å². The van der Waals surface area contributed by atoms with Crippen LogP contribution in [0, 0.1) is 0 Å². The molecule has 0 radical (unpaired) electrons. The van der Waals surface area contributed by atoms with E-state index in [1.54, 1.807) is 7.11 Å². The highest BCUT2D eigenvalue weighted by molar-refractivity contribution is 6.30. The van der Waals surface area contributed by atoms with E-state index in [9.17, 15) is 0 Å². The van der Waals surface area contributed by atoms with E-state index in [0.29, 0.717) is 23.3 Å². The van der Waals surface area contributed by atoms with Crippen molar-refractivity contribution in [1.29, 1.82) is 0 Å². The summed E-state index contributed by atoms with van der Waals surface area (Å²) in [5.74, 6) is 1.95. The lowest BCUT2D eigenvalue weighted by atomic mass is 10.1. The molecule has 0 saturated carbocycles. The Hall–Kier alpha value is -2.37. The topological polar surface area (TPSA) is 51.4 Å². The van der Waals surface area contributed by atoms with Crippen LogP contribution in [0.3, 0.4) is 0 Å². The molecule has 0 spiro atoms. The van der Waals surface area contributed by atoms with Crippen molar-refractivity contribution >= 4 is 11.6 Å². The second-order valence-corrected chi connectivity index (χ2v) is 6.33. The van der Waals surface area contributed by atoms with Gasteiger partial charge in [0.05, 0.1) is 13.7 Å². The second-order valence-electron chi connectivity index (χ2n) is 5.89. The molecule has 5 nitrogen and oxygen atoms in total. The third-order valence-electron chi connectivity index (χ3n) is 4.17. The van der Waals surface area contributed by atoms with Crippen LogP contribution in [0.15, 0.2) is 53.1 Å². The van der Waals surface area contributed by atoms with Gasteiger partial charge in [0.15, 0.2) is 0 Å². The van der Waals surface area contributed by atoms with Crippen LogP contribution in [0.1, 0.15) is 24.4 Å². The van der Waals surface area contributed by atoms with Gasteiger partial charge in [-0.2, -0.15) is 4.98 Å². The minimum Gasteiger partial charge on any atom is -0.497 e. The quantitative estimate of drug-likeness (QED) is 0.645. The Morgan fingerprint density at radius 3 is 2.76 bits per heavy atom. The van der Waals surface area contributed by atoms with E-state index in [4.69, 9.17) is 20.9 Å². The van der Waals surface area contributed by atoms with Crippen molar-refractivity contribution < 1.29 is 9.26 Å². The van der Waals surface area contributed by atoms with Gasteiger partial charge in [0, 0.05) is 16.6 Å². The maximum absolute atomic E-state index is 6.02. The van der Waals surface area contributed by atoms with Crippen LogP contribution >= 0.6 is 11.6 Å². The van der Waals surface area contributed by atoms with Crippen molar-refractivity contribution in [1.82, 2.24) is 15.0 Å². The first-order valence-electron chi connectivity index (χ1n) is 7.99. The molecule has 0 unspecified atom stereocenters. The Labute approximate surface area is 152 Å². The van der Waals surface area contributed by atoms with Crippen molar-refractivity contribution in [2.24, 2.45) is 0 Å². The number of aromatic nitrogens is 2. The Bertz CT molecular complexity index is 850. The standard InChI is InChI=1S/C19H20ClN3O2/c1-13(14-6-5-9-17(11-14)24-3)23(2)12-18-21-19(22-25-18)15-7-4-8-16(20)10-15/h4-11,13H,12H2,1-3H3/t13-/m1/s1. The van der Waals surface area contributed by atoms with E-state index in [2.05, 4.69) is 28.0 Å². The molecule has 0 N–H and O–H groups in total. The van der Waals surface area contributed by atoms with Crippen molar-refractivity contribution in [3.63, 3.8) is 0 Å². The number of methoxy groups -OCH3 is 1. The van der Waals surface area contributed by atoms with E-state index in [-0.39, 0.29) is 6.04 Å². The van der Waals surface area contributed by atoms with E-state index < -0.39 is 0 Å². The van der Waals surface area contributed by atoms with Crippen LogP contribution in [0.5, 0.6) is 5.75 Å². The average Bonchev–Trinajstić information content (AvgIpc) is 3.09. The number of rotatable bonds is 6. The molecule has 3 aromatic rings. The van der Waals surface area contributed by atoms with E-state index >= 15 is 0 Å². The van der Waals surface area contributed by atoms with Gasteiger partial charge in [-0.3, -0.25) is 4.90 Å². The van der Waals surface area contributed by atoms with Crippen LogP contribution < -0.4 is 4.74 Å². The van der Waals surface area contributed by atoms with Crippen molar-refractivity contribution in [2.45, 2.75) is 19.5 Å². The number of nitrogens with zero attached hydrogens (tertiary/aromatic N) is 3. The van der Waals surface area contributed by atoms with Crippen LogP contribution in [-0.4, -0.2) is 29.2 Å². The molecule has 6 heteroatoms. The highest BCUT2D eigenvalue weighted by Gasteiger charge is 2.16. The molecular formula is C19H20ClN3O2. The summed E-state index contributed by atoms with van der Waals surface area (Å²) in [4.78, 5) is 6.61. The molecule has 0 fully saturated rings. The molecule has 2 aromatic carbocycles. The molecule has 1 atom stereocenters. The number of hydrogen-bond acceptors (Lipinski definition) is 5. The zero-order valence-corrected chi connectivity index (χ0v) is 15.2. The molecule has 130 valence electrons. The summed E-state index contributed by atoms with van der Waals surface area (Å²) in [6.45, 7) is 2.68. The third kappa shape index (κ3) is 4.18. The molecule has 0 bridgehead atoms. The van der Waals surface area contributed by atoms with Gasteiger partial charge in [-0.25, -0.2) is 0 Å². The van der Waals surface area contributed by atoms with Gasteiger partial charge in [-0.15, -0.1) is 0 Å². The first-order valence-corrected chi connectivity index (χ1v) is 8.37. The van der Waals surface area contributed by atoms with Crippen LogP contribution in [0.4, 0.5) is 0 Å². The van der Waals surface area contributed by atoms with E-state index in [1.807, 2.05) is 49.5 Å². The van der Waals surface area contributed by atoms with Gasteiger partial charge in [-0.05, 0) is 43.8 Å². The minimum absolute atomic E-state index is 0.177. The van der Waals surface area contributed by atoms with E-state index in [1.165, 1.54) is 0 Å². The summed E-state index contributed by atoms with van der Waals surface area (Å²) in [7, 11) is 3.69. The fourth-order valence-electron chi connectivity index (χ4n) is 2.57. The predicted octanol–water partition coefficient (Wildman–Crippen LogP) is 4.59. The smallest absolute Gasteiger partial charge is 0.241 e. The minimum atomic E-state index is 0.177. The Morgan fingerprint density at radius 2 is 2.00 bits per heavy atom. The Kier molecular flexibility index (Phi) is 5.36. The van der Waals surface area contributed by atoms with Crippen molar-refractivity contribution in [3.8, 4) is 17.1 Å². The molecule has 3 rings (SSSR count). The van der Waals surface area contributed by atoms with Crippen LogP contribution in [0.2, 0.25) is 5.02 Å². The maximum Gasteiger partial charge on any atom is 0.241 e. The molecule has 1 aromatic heterocycles. The Morgan fingerprint density at radius 1 is 1.20 bits per heavy atom. The zero-order valence-electron chi connectivity index (χ0n) is 14.4. The summed E-state index contributed by atoms with van der Waals surface area (Å²) in [5, 5.41) is 4.69. The van der Waals surface area contributed by atoms with Crippen LogP contribution in [0.25, 0.3) is 11.4 Å². The van der Waals surface area contributed by atoms with Gasteiger partial charge in [0.2, 0.25) is 11.7 Å². The average molecular weight is 358 g/mol. The first-order chi connectivity index (χ1) is 12.1. The van der Waals surface area contributed by atoms with Crippen molar-refractivity contribution in [3.05, 3.63) is 65.0 Å². The lowest BCUT2D eigenvalue weighted by Gasteiger charge is -2.23. The van der Waals surface area contributed by atoms with Gasteiger partial charge >= 0.3 is 0 Å². The normalized spacial score (nSPS) is 12.4.